The maximum Gasteiger partial charge on any atom is 0.328 e. The van der Waals surface area contributed by atoms with Crippen molar-refractivity contribution in [1.82, 2.24) is 10.3 Å². The number of hydrogen-bond acceptors (Lipinski definition) is 4. The molecule has 1 heterocycles. The highest BCUT2D eigenvalue weighted by Gasteiger charge is 2.51. The number of H-pyrrole nitrogens is 1. The molecule has 1 aromatic heterocycles. The Morgan fingerprint density at radius 1 is 1.06 bits per heavy atom. The molecule has 0 saturated heterocycles. The molecule has 2 aromatic carbocycles. The van der Waals surface area contributed by atoms with E-state index in [4.69, 9.17) is 4.74 Å². The summed E-state index contributed by atoms with van der Waals surface area (Å²) in [5, 5.41) is 3.96. The Balaban J connectivity index is 1.34. The van der Waals surface area contributed by atoms with Gasteiger partial charge in [0, 0.05) is 34.0 Å². The van der Waals surface area contributed by atoms with Crippen molar-refractivity contribution in [1.29, 1.82) is 0 Å². The van der Waals surface area contributed by atoms with Crippen molar-refractivity contribution in [2.45, 2.75) is 57.1 Å². The van der Waals surface area contributed by atoms with Gasteiger partial charge >= 0.3 is 5.97 Å². The molecular formula is C28H28N2O4. The van der Waals surface area contributed by atoms with Crippen molar-refractivity contribution in [3.05, 3.63) is 70.9 Å². The molecule has 0 bridgehead atoms. The van der Waals surface area contributed by atoms with E-state index < -0.39 is 23.8 Å². The molecule has 6 rings (SSSR count). The summed E-state index contributed by atoms with van der Waals surface area (Å²) >= 11 is 0. The molecule has 1 saturated carbocycles. The summed E-state index contributed by atoms with van der Waals surface area (Å²) in [5.74, 6) is -1.90. The highest BCUT2D eigenvalue weighted by molar-refractivity contribution is 6.07. The van der Waals surface area contributed by atoms with Gasteiger partial charge in [-0.25, -0.2) is 4.79 Å². The van der Waals surface area contributed by atoms with Crippen LogP contribution >= 0.6 is 0 Å². The summed E-state index contributed by atoms with van der Waals surface area (Å²) in [7, 11) is 0. The number of aromatic nitrogens is 1. The molecule has 6 nitrogen and oxygen atoms in total. The third-order valence-electron chi connectivity index (χ3n) is 7.87. The van der Waals surface area contributed by atoms with Crippen LogP contribution in [-0.4, -0.2) is 34.8 Å². The van der Waals surface area contributed by atoms with Gasteiger partial charge in [-0.15, -0.1) is 0 Å². The molecule has 2 N–H and O–H groups in total. The Morgan fingerprint density at radius 3 is 2.62 bits per heavy atom. The lowest BCUT2D eigenvalue weighted by molar-refractivity contribution is -0.152. The van der Waals surface area contributed by atoms with Gasteiger partial charge in [-0.3, -0.25) is 9.59 Å². The number of benzene rings is 2. The third kappa shape index (κ3) is 3.27. The lowest BCUT2D eigenvalue weighted by atomic mass is 9.70. The number of rotatable bonds is 4. The van der Waals surface area contributed by atoms with Crippen LogP contribution in [0.25, 0.3) is 10.9 Å². The summed E-state index contributed by atoms with van der Waals surface area (Å²) in [5.41, 5.74) is 4.79. The molecule has 0 spiro atoms. The lowest BCUT2D eigenvalue weighted by Gasteiger charge is -2.33. The number of aromatic amines is 1. The fraction of sp³-hybridized carbons (Fsp3) is 0.393. The van der Waals surface area contributed by atoms with Crippen LogP contribution in [0.4, 0.5) is 0 Å². The van der Waals surface area contributed by atoms with Crippen molar-refractivity contribution in [2.75, 3.05) is 0 Å². The number of ether oxygens (including phenoxy) is 1. The fourth-order valence-corrected chi connectivity index (χ4v) is 6.23. The number of nitrogens with one attached hydrogen (secondary N) is 2. The molecular weight excluding hydrogens is 428 g/mol. The van der Waals surface area contributed by atoms with Crippen LogP contribution in [0, 0.1) is 11.8 Å². The average molecular weight is 457 g/mol. The zero-order valence-corrected chi connectivity index (χ0v) is 19.2. The predicted molar refractivity (Wildman–Crippen MR) is 128 cm³/mol. The van der Waals surface area contributed by atoms with Crippen molar-refractivity contribution in [3.63, 3.8) is 0 Å². The molecule has 3 aromatic rings. The highest BCUT2D eigenvalue weighted by atomic mass is 16.5. The minimum atomic E-state index is -0.755. The van der Waals surface area contributed by atoms with Gasteiger partial charge in [0.1, 0.15) is 12.1 Å². The van der Waals surface area contributed by atoms with Crippen LogP contribution < -0.4 is 5.32 Å². The van der Waals surface area contributed by atoms with E-state index in [0.29, 0.717) is 12.0 Å². The third-order valence-corrected chi connectivity index (χ3v) is 7.87. The molecule has 34 heavy (non-hydrogen) atoms. The minimum absolute atomic E-state index is 0.00578. The van der Waals surface area contributed by atoms with E-state index in [1.54, 1.807) is 6.92 Å². The van der Waals surface area contributed by atoms with Gasteiger partial charge in [0.2, 0.25) is 5.91 Å². The molecule has 174 valence electrons. The average Bonchev–Trinajstić information content (AvgIpc) is 3.56. The van der Waals surface area contributed by atoms with Crippen LogP contribution in [0.2, 0.25) is 0 Å². The van der Waals surface area contributed by atoms with Gasteiger partial charge in [-0.1, -0.05) is 42.5 Å². The number of para-hydroxylation sites is 1. The molecule has 1 fully saturated rings. The number of esters is 1. The van der Waals surface area contributed by atoms with E-state index in [2.05, 4.69) is 16.4 Å². The van der Waals surface area contributed by atoms with Gasteiger partial charge < -0.3 is 15.0 Å². The summed E-state index contributed by atoms with van der Waals surface area (Å²) in [6, 6.07) is 15.0. The van der Waals surface area contributed by atoms with Crippen molar-refractivity contribution >= 4 is 28.6 Å². The summed E-state index contributed by atoms with van der Waals surface area (Å²) in [6.07, 6.45) is 4.31. The first-order chi connectivity index (χ1) is 16.5. The number of carbonyl (C=O) groups excluding carboxylic acids is 3. The fourth-order valence-electron chi connectivity index (χ4n) is 6.23. The molecule has 6 heteroatoms. The molecule has 0 radical (unpaired) electrons. The van der Waals surface area contributed by atoms with E-state index in [1.807, 2.05) is 42.5 Å². The Hall–Kier alpha value is -3.41. The van der Waals surface area contributed by atoms with E-state index in [1.165, 1.54) is 0 Å². The molecule has 3 aliphatic carbocycles. The maximum absolute atomic E-state index is 13.6. The van der Waals surface area contributed by atoms with Gasteiger partial charge in [0.25, 0.3) is 0 Å². The predicted octanol–water partition coefficient (Wildman–Crippen LogP) is 4.28. The van der Waals surface area contributed by atoms with Crippen LogP contribution in [0.3, 0.4) is 0 Å². The largest absolute Gasteiger partial charge is 0.461 e. The second-order valence-corrected chi connectivity index (χ2v) is 9.90. The summed E-state index contributed by atoms with van der Waals surface area (Å²) in [6.45, 7) is 1.66. The Labute approximate surface area is 198 Å². The van der Waals surface area contributed by atoms with E-state index in [0.717, 1.165) is 53.4 Å². The number of Topliss-reactive ketones (excluding diaryl/α,β-unsaturated/α-hetero) is 1. The first kappa shape index (κ1) is 21.1. The van der Waals surface area contributed by atoms with Gasteiger partial charge in [-0.2, -0.15) is 0 Å². The van der Waals surface area contributed by atoms with Gasteiger partial charge in [0.05, 0.1) is 5.92 Å². The first-order valence-electron chi connectivity index (χ1n) is 12.3. The number of ketones is 1. The van der Waals surface area contributed by atoms with Crippen LogP contribution in [0.15, 0.2) is 48.5 Å². The van der Waals surface area contributed by atoms with Crippen molar-refractivity contribution < 1.29 is 19.1 Å². The van der Waals surface area contributed by atoms with Crippen molar-refractivity contribution in [3.8, 4) is 0 Å². The Kier molecular flexibility index (Phi) is 5.05. The van der Waals surface area contributed by atoms with E-state index in [-0.39, 0.29) is 23.7 Å². The second kappa shape index (κ2) is 8.12. The second-order valence-electron chi connectivity index (χ2n) is 9.90. The standard InChI is InChI=1S/C28H28N2O4/c1-15(28(33)34-16-8-2-3-9-16)29-27(32)21-14-20-17-10-6-7-13-22(17)30-25(20)23-18-11-4-5-12-19(18)26(31)24(21)23/h4-7,10-13,15-16,21,23-24,30H,2-3,8-9,14H2,1H3,(H,29,32)/t15-,21+,23?,24?/m0/s1. The monoisotopic (exact) mass is 456 g/mol. The van der Waals surface area contributed by atoms with E-state index >= 15 is 0 Å². The molecule has 3 aliphatic rings. The smallest absolute Gasteiger partial charge is 0.328 e. The van der Waals surface area contributed by atoms with Crippen LogP contribution in [-0.2, 0) is 20.7 Å². The summed E-state index contributed by atoms with van der Waals surface area (Å²) < 4.78 is 5.60. The quantitative estimate of drug-likeness (QED) is 0.574. The number of fused-ring (bicyclic) bond motifs is 7. The van der Waals surface area contributed by atoms with Crippen molar-refractivity contribution in [2.24, 2.45) is 11.8 Å². The maximum atomic E-state index is 13.6. The highest BCUT2D eigenvalue weighted by Crippen LogP contribution is 2.51. The zero-order valence-electron chi connectivity index (χ0n) is 19.2. The van der Waals surface area contributed by atoms with Gasteiger partial charge in [0.15, 0.2) is 5.78 Å². The molecule has 1 amide bonds. The SMILES string of the molecule is C[C@H](NC(=O)[C@@H]1Cc2c([nH]c3ccccc23)C2c3ccccc3C(=O)C21)C(=O)OC1CCCC1. The van der Waals surface area contributed by atoms with Crippen LogP contribution in [0.5, 0.6) is 0 Å². The number of carbonyl (C=O) groups is 3. The zero-order chi connectivity index (χ0) is 23.4. The topological polar surface area (TPSA) is 88.3 Å². The molecule has 4 atom stereocenters. The van der Waals surface area contributed by atoms with Crippen LogP contribution in [0.1, 0.15) is 65.7 Å². The number of hydrogen-bond donors (Lipinski definition) is 2. The Morgan fingerprint density at radius 2 is 1.79 bits per heavy atom. The van der Waals surface area contributed by atoms with Gasteiger partial charge in [-0.05, 0) is 56.2 Å². The van der Waals surface area contributed by atoms with E-state index in [9.17, 15) is 14.4 Å². The molecule has 2 unspecified atom stereocenters. The molecule has 0 aliphatic heterocycles. The lowest BCUT2D eigenvalue weighted by Crippen LogP contribution is -2.48. The normalized spacial score (nSPS) is 24.4. The Bertz CT molecular complexity index is 1300. The minimum Gasteiger partial charge on any atom is -0.461 e. The number of amides is 1. The summed E-state index contributed by atoms with van der Waals surface area (Å²) in [4.78, 5) is 43.3. The first-order valence-corrected chi connectivity index (χ1v) is 12.3.